The van der Waals surface area contributed by atoms with Crippen molar-refractivity contribution < 1.29 is 22.7 Å². The third-order valence-electron chi connectivity index (χ3n) is 6.86. The normalized spacial score (nSPS) is 11.9. The molecule has 3 aromatic rings. The van der Waals surface area contributed by atoms with Crippen molar-refractivity contribution >= 4 is 27.5 Å². The second kappa shape index (κ2) is 14.7. The van der Waals surface area contributed by atoms with E-state index in [1.54, 1.807) is 30.3 Å². The van der Waals surface area contributed by atoms with Crippen molar-refractivity contribution in [3.63, 3.8) is 0 Å². The average Bonchev–Trinajstić information content (AvgIpc) is 2.96. The van der Waals surface area contributed by atoms with E-state index in [2.05, 4.69) is 5.32 Å². The number of nitrogens with zero attached hydrogens (tertiary/aromatic N) is 2. The predicted molar refractivity (Wildman–Crippen MR) is 162 cm³/mol. The Bertz CT molecular complexity index is 1430. The number of ether oxygens (including phenoxy) is 1. The Hall–Kier alpha value is -3.85. The van der Waals surface area contributed by atoms with E-state index in [4.69, 9.17) is 4.74 Å². The van der Waals surface area contributed by atoms with Crippen molar-refractivity contribution in [2.75, 3.05) is 24.5 Å². The van der Waals surface area contributed by atoms with Crippen LogP contribution in [0.3, 0.4) is 0 Å². The number of carbonyl (C=O) groups excluding carboxylic acids is 2. The van der Waals surface area contributed by atoms with Crippen molar-refractivity contribution in [3.8, 4) is 5.75 Å². The van der Waals surface area contributed by atoms with E-state index in [0.29, 0.717) is 18.7 Å². The van der Waals surface area contributed by atoms with Gasteiger partial charge in [0.2, 0.25) is 11.8 Å². The smallest absolute Gasteiger partial charge is 0.264 e. The predicted octanol–water partition coefficient (Wildman–Crippen LogP) is 5.23. The number of amides is 2. The molecule has 1 atom stereocenters. The maximum absolute atomic E-state index is 14.2. The summed E-state index contributed by atoms with van der Waals surface area (Å²) >= 11 is 0. The number of anilines is 1. The molecule has 0 spiro atoms. The lowest BCUT2D eigenvalue weighted by molar-refractivity contribution is -0.140. The lowest BCUT2D eigenvalue weighted by Gasteiger charge is -2.33. The highest BCUT2D eigenvalue weighted by molar-refractivity contribution is 7.92. The average molecular weight is 580 g/mol. The fourth-order valence-corrected chi connectivity index (χ4v) is 6.10. The SMILES string of the molecule is CCCCNC(=O)[C@H](CC)N(Cc1cccc(C)c1)C(=O)CN(c1cc(C)ccc1OC)S(=O)(=O)c1ccccc1. The molecule has 0 aliphatic carbocycles. The molecule has 0 aliphatic heterocycles. The van der Waals surface area contributed by atoms with Gasteiger partial charge in [-0.2, -0.15) is 0 Å². The Labute approximate surface area is 244 Å². The van der Waals surface area contributed by atoms with Crippen LogP contribution in [-0.2, 0) is 26.2 Å². The first-order chi connectivity index (χ1) is 19.6. The molecule has 0 unspecified atom stereocenters. The molecule has 0 aromatic heterocycles. The molecule has 0 aliphatic rings. The second-order valence-electron chi connectivity index (χ2n) is 10.1. The van der Waals surface area contributed by atoms with Crippen molar-refractivity contribution in [3.05, 3.63) is 89.5 Å². The van der Waals surface area contributed by atoms with Gasteiger partial charge in [-0.25, -0.2) is 8.42 Å². The van der Waals surface area contributed by atoms with Crippen LogP contribution in [0.5, 0.6) is 5.75 Å². The number of rotatable bonds is 14. The molecule has 0 fully saturated rings. The molecule has 2 amide bonds. The molecule has 0 bridgehead atoms. The van der Waals surface area contributed by atoms with E-state index in [-0.39, 0.29) is 23.0 Å². The van der Waals surface area contributed by atoms with Crippen LogP contribution in [0.4, 0.5) is 5.69 Å². The Morgan fingerprint density at radius 2 is 1.63 bits per heavy atom. The van der Waals surface area contributed by atoms with Gasteiger partial charge in [-0.05, 0) is 62.1 Å². The highest BCUT2D eigenvalue weighted by Crippen LogP contribution is 2.33. The summed E-state index contributed by atoms with van der Waals surface area (Å²) in [4.78, 5) is 29.1. The van der Waals surface area contributed by atoms with Crippen LogP contribution in [-0.4, -0.2) is 51.4 Å². The van der Waals surface area contributed by atoms with Crippen LogP contribution in [0.15, 0.2) is 77.7 Å². The van der Waals surface area contributed by atoms with Gasteiger partial charge in [0.05, 0.1) is 17.7 Å². The van der Waals surface area contributed by atoms with Gasteiger partial charge in [0.1, 0.15) is 18.3 Å². The maximum atomic E-state index is 14.2. The van der Waals surface area contributed by atoms with Gasteiger partial charge in [0.25, 0.3) is 10.0 Å². The topological polar surface area (TPSA) is 96.0 Å². The molecule has 3 rings (SSSR count). The number of nitrogens with one attached hydrogen (secondary N) is 1. The molecule has 3 aromatic carbocycles. The first kappa shape index (κ1) is 31.7. The molecule has 0 heterocycles. The van der Waals surface area contributed by atoms with E-state index in [9.17, 15) is 18.0 Å². The minimum Gasteiger partial charge on any atom is -0.495 e. The zero-order valence-corrected chi connectivity index (χ0v) is 25.4. The van der Waals surface area contributed by atoms with Crippen molar-refractivity contribution in [2.24, 2.45) is 0 Å². The summed E-state index contributed by atoms with van der Waals surface area (Å²) in [6, 6.07) is 20.1. The van der Waals surface area contributed by atoms with E-state index in [1.807, 2.05) is 58.0 Å². The fourth-order valence-electron chi connectivity index (χ4n) is 4.66. The Kier molecular flexibility index (Phi) is 11.3. The summed E-state index contributed by atoms with van der Waals surface area (Å²) in [7, 11) is -2.72. The van der Waals surface area contributed by atoms with Crippen molar-refractivity contribution in [1.29, 1.82) is 0 Å². The maximum Gasteiger partial charge on any atom is 0.264 e. The number of sulfonamides is 1. The summed E-state index contributed by atoms with van der Waals surface area (Å²) < 4.78 is 34.7. The van der Waals surface area contributed by atoms with Gasteiger partial charge < -0.3 is 15.0 Å². The number of benzene rings is 3. The first-order valence-electron chi connectivity index (χ1n) is 14.0. The zero-order chi connectivity index (χ0) is 30.0. The summed E-state index contributed by atoms with van der Waals surface area (Å²) in [6.45, 7) is 7.85. The van der Waals surface area contributed by atoms with Crippen LogP contribution in [0.1, 0.15) is 49.8 Å². The molecule has 41 heavy (non-hydrogen) atoms. The standard InChI is InChI=1S/C32H41N3O5S/c1-6-8-19-33-32(37)28(7-2)34(22-26-14-12-13-24(3)20-26)31(36)23-35(29-21-25(4)17-18-30(29)40-5)41(38,39)27-15-10-9-11-16-27/h9-18,20-21,28H,6-8,19,22-23H2,1-5H3,(H,33,37)/t28-/m0/s1. The summed E-state index contributed by atoms with van der Waals surface area (Å²) in [5.74, 6) is -0.433. The summed E-state index contributed by atoms with van der Waals surface area (Å²) in [5.41, 5.74) is 2.93. The van der Waals surface area contributed by atoms with Crippen LogP contribution in [0.2, 0.25) is 0 Å². The van der Waals surface area contributed by atoms with E-state index < -0.39 is 28.5 Å². The zero-order valence-electron chi connectivity index (χ0n) is 24.6. The minimum atomic E-state index is -4.18. The molecule has 8 nitrogen and oxygen atoms in total. The first-order valence-corrected chi connectivity index (χ1v) is 15.4. The van der Waals surface area contributed by atoms with Gasteiger partial charge >= 0.3 is 0 Å². The fraction of sp³-hybridized carbons (Fsp3) is 0.375. The lowest BCUT2D eigenvalue weighted by Crippen LogP contribution is -2.52. The second-order valence-corrected chi connectivity index (χ2v) is 11.9. The Morgan fingerprint density at radius 1 is 0.927 bits per heavy atom. The van der Waals surface area contributed by atoms with E-state index in [1.165, 1.54) is 24.1 Å². The van der Waals surface area contributed by atoms with Crippen molar-refractivity contribution in [1.82, 2.24) is 10.2 Å². The van der Waals surface area contributed by atoms with Crippen LogP contribution in [0, 0.1) is 13.8 Å². The van der Waals surface area contributed by atoms with E-state index in [0.717, 1.165) is 33.8 Å². The Balaban J connectivity index is 2.09. The Morgan fingerprint density at radius 3 is 2.27 bits per heavy atom. The van der Waals surface area contributed by atoms with Crippen LogP contribution in [0.25, 0.3) is 0 Å². The molecule has 220 valence electrons. The quantitative estimate of drug-likeness (QED) is 0.264. The largest absolute Gasteiger partial charge is 0.495 e. The third kappa shape index (κ3) is 8.10. The number of methoxy groups -OCH3 is 1. The van der Waals surface area contributed by atoms with Gasteiger partial charge in [0, 0.05) is 13.1 Å². The summed E-state index contributed by atoms with van der Waals surface area (Å²) in [5, 5.41) is 2.95. The summed E-state index contributed by atoms with van der Waals surface area (Å²) in [6.07, 6.45) is 2.12. The molecular weight excluding hydrogens is 538 g/mol. The molecule has 0 saturated heterocycles. The molecule has 0 saturated carbocycles. The number of hydrogen-bond donors (Lipinski definition) is 1. The highest BCUT2D eigenvalue weighted by Gasteiger charge is 2.34. The number of carbonyl (C=O) groups is 2. The number of hydrogen-bond acceptors (Lipinski definition) is 5. The lowest BCUT2D eigenvalue weighted by atomic mass is 10.1. The number of aryl methyl sites for hydroxylation is 2. The molecular formula is C32H41N3O5S. The number of unbranched alkanes of at least 4 members (excludes halogenated alkanes) is 1. The van der Waals surface area contributed by atoms with Crippen molar-refractivity contribution in [2.45, 2.75) is 64.4 Å². The monoisotopic (exact) mass is 579 g/mol. The molecule has 0 radical (unpaired) electrons. The van der Waals surface area contributed by atoms with Gasteiger partial charge in [-0.15, -0.1) is 0 Å². The van der Waals surface area contributed by atoms with Crippen LogP contribution >= 0.6 is 0 Å². The van der Waals surface area contributed by atoms with Gasteiger partial charge in [-0.1, -0.05) is 74.4 Å². The molecule has 9 heteroatoms. The molecule has 1 N–H and O–H groups in total. The minimum absolute atomic E-state index is 0.0472. The van der Waals surface area contributed by atoms with Gasteiger partial charge in [-0.3, -0.25) is 13.9 Å². The highest BCUT2D eigenvalue weighted by atomic mass is 32.2. The van der Waals surface area contributed by atoms with E-state index >= 15 is 0 Å². The third-order valence-corrected chi connectivity index (χ3v) is 8.64. The van der Waals surface area contributed by atoms with Crippen LogP contribution < -0.4 is 14.4 Å². The van der Waals surface area contributed by atoms with Gasteiger partial charge in [0.15, 0.2) is 0 Å².